The van der Waals surface area contributed by atoms with Crippen LogP contribution in [0.4, 0.5) is 0 Å². The summed E-state index contributed by atoms with van der Waals surface area (Å²) < 4.78 is 14.2. The van der Waals surface area contributed by atoms with Crippen LogP contribution in [0.3, 0.4) is 0 Å². The number of benzene rings is 11. The van der Waals surface area contributed by atoms with Gasteiger partial charge in [0.25, 0.3) is 0 Å². The first-order valence-electron chi connectivity index (χ1n) is 23.5. The lowest BCUT2D eigenvalue weighted by atomic mass is 9.99. The van der Waals surface area contributed by atoms with Crippen LogP contribution in [0.2, 0.25) is 0 Å². The van der Waals surface area contributed by atoms with Gasteiger partial charge >= 0.3 is 0 Å². The Kier molecular flexibility index (Phi) is 7.86. The molecule has 70 heavy (non-hydrogen) atoms. The Morgan fingerprint density at radius 3 is 1.40 bits per heavy atom. The van der Waals surface area contributed by atoms with Crippen LogP contribution < -0.4 is 0 Å². The highest BCUT2D eigenvalue weighted by molar-refractivity contribution is 7.26. The van der Waals surface area contributed by atoms with Crippen molar-refractivity contribution in [1.29, 1.82) is 0 Å². The van der Waals surface area contributed by atoms with Crippen LogP contribution in [-0.4, -0.2) is 19.5 Å². The molecular weight excluding hydrogens is 893 g/mol. The van der Waals surface area contributed by atoms with Gasteiger partial charge in [0.1, 0.15) is 11.2 Å². The zero-order chi connectivity index (χ0) is 45.6. The van der Waals surface area contributed by atoms with Gasteiger partial charge in [0.2, 0.25) is 0 Å². The molecule has 0 N–H and O–H groups in total. The van der Waals surface area contributed by atoms with E-state index in [-0.39, 0.29) is 0 Å². The van der Waals surface area contributed by atoms with Crippen molar-refractivity contribution in [2.24, 2.45) is 0 Å². The maximum atomic E-state index is 6.97. The third kappa shape index (κ3) is 5.50. The lowest BCUT2D eigenvalue weighted by Gasteiger charge is -2.13. The standard InChI is InChI=1S/C63H34N4OS2/c1-3-15-37-33-50-47(30-35(37)13-1)48-31-36-14-2-4-16-38(36)34-51(48)67(50)40-27-28-41-39(29-40)32-49(60-59(41)42-17-5-8-22-52(42)68-60)63-65-61(45-20-11-25-55-57(45)43-18-6-9-23-53(43)69-55)64-62(66-63)46-21-12-26-56-58(46)44-19-7-10-24-54(44)70-56/h1-34H. The molecule has 0 fully saturated rings. The highest BCUT2D eigenvalue weighted by atomic mass is 32.1. The summed E-state index contributed by atoms with van der Waals surface area (Å²) in [5, 5.41) is 16.2. The van der Waals surface area contributed by atoms with Crippen LogP contribution in [0, 0.1) is 0 Å². The van der Waals surface area contributed by atoms with Gasteiger partial charge in [-0.15, -0.1) is 22.7 Å². The van der Waals surface area contributed by atoms with Crippen LogP contribution in [0.5, 0.6) is 0 Å². The number of hydrogen-bond acceptors (Lipinski definition) is 6. The molecule has 0 aliphatic rings. The highest BCUT2D eigenvalue weighted by Crippen LogP contribution is 2.46. The molecule has 0 saturated carbocycles. The number of fused-ring (bicyclic) bond motifs is 16. The third-order valence-electron chi connectivity index (χ3n) is 14.4. The Hall–Kier alpha value is -8.75. The second-order valence-corrected chi connectivity index (χ2v) is 20.4. The molecule has 0 aliphatic heterocycles. The molecular formula is C63H34N4OS2. The van der Waals surface area contributed by atoms with Gasteiger partial charge in [-0.3, -0.25) is 0 Å². The largest absolute Gasteiger partial charge is 0.455 e. The van der Waals surface area contributed by atoms with Gasteiger partial charge in [-0.25, -0.2) is 15.0 Å². The number of furan rings is 1. The van der Waals surface area contributed by atoms with Crippen molar-refractivity contribution in [3.63, 3.8) is 0 Å². The molecule has 16 rings (SSSR count). The molecule has 0 atom stereocenters. The summed E-state index contributed by atoms with van der Waals surface area (Å²) in [5.74, 6) is 1.79. The van der Waals surface area contributed by atoms with Crippen LogP contribution >= 0.6 is 22.7 Å². The van der Waals surface area contributed by atoms with Crippen LogP contribution in [-0.2, 0) is 0 Å². The first-order chi connectivity index (χ1) is 34.7. The second kappa shape index (κ2) is 14.4. The van der Waals surface area contributed by atoms with Crippen LogP contribution in [0.15, 0.2) is 211 Å². The molecule has 5 aromatic heterocycles. The Bertz CT molecular complexity index is 4690. The fourth-order valence-electron chi connectivity index (χ4n) is 11.3. The molecule has 11 aromatic carbocycles. The molecule has 0 bridgehead atoms. The van der Waals surface area contributed by atoms with E-state index in [1.165, 1.54) is 61.9 Å². The van der Waals surface area contributed by atoms with Crippen molar-refractivity contribution in [2.45, 2.75) is 0 Å². The van der Waals surface area contributed by atoms with Crippen molar-refractivity contribution in [2.75, 3.05) is 0 Å². The predicted octanol–water partition coefficient (Wildman–Crippen LogP) is 18.1. The van der Waals surface area contributed by atoms with E-state index in [0.717, 1.165) is 76.9 Å². The first-order valence-corrected chi connectivity index (χ1v) is 25.1. The Morgan fingerprint density at radius 2 is 0.814 bits per heavy atom. The van der Waals surface area contributed by atoms with E-state index in [9.17, 15) is 0 Å². The quantitative estimate of drug-likeness (QED) is 0.176. The molecule has 5 heterocycles. The lowest BCUT2D eigenvalue weighted by Crippen LogP contribution is -2.01. The van der Waals surface area contributed by atoms with E-state index < -0.39 is 0 Å². The van der Waals surface area contributed by atoms with Gasteiger partial charge in [0.05, 0.1) is 16.6 Å². The summed E-state index contributed by atoms with van der Waals surface area (Å²) in [6, 6.07) is 74.4. The summed E-state index contributed by atoms with van der Waals surface area (Å²) >= 11 is 3.59. The zero-order valence-electron chi connectivity index (χ0n) is 37.1. The predicted molar refractivity (Wildman–Crippen MR) is 296 cm³/mol. The summed E-state index contributed by atoms with van der Waals surface area (Å²) in [5.41, 5.74) is 7.71. The topological polar surface area (TPSA) is 56.7 Å². The molecule has 0 spiro atoms. The normalized spacial score (nSPS) is 12.3. The SMILES string of the molecule is c1ccc2cc3c(cc2c1)c1cc2ccccc2cc1n3-c1ccc2c(c1)cc(-c1nc(-c3cccc4sc5ccccc5c34)nc(-c3cccc4sc5ccccc5c34)n1)c1oc3ccccc3c12. The summed E-state index contributed by atoms with van der Waals surface area (Å²) in [7, 11) is 0. The Balaban J connectivity index is 1.01. The minimum absolute atomic E-state index is 0.555. The van der Waals surface area contributed by atoms with Crippen molar-refractivity contribution in [1.82, 2.24) is 19.5 Å². The maximum absolute atomic E-state index is 6.97. The number of rotatable bonds is 4. The monoisotopic (exact) mass is 926 g/mol. The molecule has 0 radical (unpaired) electrons. The number of nitrogens with zero attached hydrogens (tertiary/aromatic N) is 4. The van der Waals surface area contributed by atoms with E-state index in [1.807, 2.05) is 6.07 Å². The number of para-hydroxylation sites is 1. The molecule has 0 saturated heterocycles. The second-order valence-electron chi connectivity index (χ2n) is 18.3. The number of hydrogen-bond donors (Lipinski definition) is 0. The summed E-state index contributed by atoms with van der Waals surface area (Å²) in [4.78, 5) is 16.5. The Morgan fingerprint density at radius 1 is 0.329 bits per heavy atom. The van der Waals surface area contributed by atoms with Crippen molar-refractivity contribution >= 4 is 139 Å². The van der Waals surface area contributed by atoms with Gasteiger partial charge in [-0.2, -0.15) is 0 Å². The van der Waals surface area contributed by atoms with E-state index in [1.54, 1.807) is 22.7 Å². The average molecular weight is 927 g/mol. The van der Waals surface area contributed by atoms with Gasteiger partial charge in [0.15, 0.2) is 17.5 Å². The van der Waals surface area contributed by atoms with E-state index in [4.69, 9.17) is 19.4 Å². The van der Waals surface area contributed by atoms with Gasteiger partial charge < -0.3 is 8.98 Å². The maximum Gasteiger partial charge on any atom is 0.167 e. The highest BCUT2D eigenvalue weighted by Gasteiger charge is 2.24. The molecule has 16 aromatic rings. The molecule has 0 aliphatic carbocycles. The third-order valence-corrected chi connectivity index (χ3v) is 16.6. The molecule has 324 valence electrons. The van der Waals surface area contributed by atoms with Crippen LogP contribution in [0.25, 0.3) is 156 Å². The van der Waals surface area contributed by atoms with E-state index >= 15 is 0 Å². The minimum atomic E-state index is 0.555. The molecule has 7 heteroatoms. The zero-order valence-corrected chi connectivity index (χ0v) is 38.8. The Labute approximate surface area is 406 Å². The summed E-state index contributed by atoms with van der Waals surface area (Å²) in [6.45, 7) is 0. The summed E-state index contributed by atoms with van der Waals surface area (Å²) in [6.07, 6.45) is 0. The van der Waals surface area contributed by atoms with Crippen molar-refractivity contribution in [3.8, 4) is 39.9 Å². The van der Waals surface area contributed by atoms with Crippen molar-refractivity contribution < 1.29 is 4.42 Å². The van der Waals surface area contributed by atoms with Gasteiger partial charge in [-0.1, -0.05) is 133 Å². The molecule has 0 unspecified atom stereocenters. The van der Waals surface area contributed by atoms with Gasteiger partial charge in [0, 0.05) is 78.7 Å². The molecule has 5 nitrogen and oxygen atoms in total. The number of thiophene rings is 2. The fourth-order valence-corrected chi connectivity index (χ4v) is 13.5. The number of aromatic nitrogens is 4. The fraction of sp³-hybridized carbons (Fsp3) is 0. The average Bonchev–Trinajstić information content (AvgIpc) is 4.18. The molecule has 0 amide bonds. The lowest BCUT2D eigenvalue weighted by molar-refractivity contribution is 0.670. The first kappa shape index (κ1) is 38.2. The van der Waals surface area contributed by atoms with Crippen molar-refractivity contribution in [3.05, 3.63) is 206 Å². The minimum Gasteiger partial charge on any atom is -0.455 e. The smallest absolute Gasteiger partial charge is 0.167 e. The van der Waals surface area contributed by atoms with Crippen LogP contribution in [0.1, 0.15) is 0 Å². The van der Waals surface area contributed by atoms with E-state index in [0.29, 0.717) is 17.5 Å². The van der Waals surface area contributed by atoms with Gasteiger partial charge in [-0.05, 0) is 105 Å². The van der Waals surface area contributed by atoms with E-state index in [2.05, 4.69) is 205 Å².